The molecular formula is C11H14ClN3. The van der Waals surface area contributed by atoms with E-state index in [2.05, 4.69) is 15.6 Å². The number of hydrogen-bond acceptors (Lipinski definition) is 2. The first kappa shape index (κ1) is 10.5. The van der Waals surface area contributed by atoms with Crippen LogP contribution in [0.2, 0.25) is 5.02 Å². The average molecular weight is 224 g/mol. The van der Waals surface area contributed by atoms with E-state index in [1.165, 1.54) is 0 Å². The van der Waals surface area contributed by atoms with Crippen molar-refractivity contribution in [3.05, 3.63) is 28.5 Å². The van der Waals surface area contributed by atoms with Crippen molar-refractivity contribution >= 4 is 22.6 Å². The molecule has 0 spiro atoms. The van der Waals surface area contributed by atoms with Crippen LogP contribution in [-0.4, -0.2) is 16.1 Å². The third-order valence-electron chi connectivity index (χ3n) is 2.54. The number of fused-ring (bicyclic) bond motifs is 1. The summed E-state index contributed by atoms with van der Waals surface area (Å²) in [5.74, 6) is 0.986. The Morgan fingerprint density at radius 1 is 1.47 bits per heavy atom. The highest BCUT2D eigenvalue weighted by Gasteiger charge is 2.10. The van der Waals surface area contributed by atoms with E-state index in [-0.39, 0.29) is 0 Å². The van der Waals surface area contributed by atoms with Crippen LogP contribution in [0.4, 0.5) is 0 Å². The molecular weight excluding hydrogens is 210 g/mol. The van der Waals surface area contributed by atoms with E-state index in [9.17, 15) is 0 Å². The van der Waals surface area contributed by atoms with Crippen molar-refractivity contribution in [3.63, 3.8) is 0 Å². The molecule has 0 unspecified atom stereocenters. The standard InChI is InChI=1S/C11H14ClN3/c1-7-5-8(12)11-9(6-7)15(2)10(14-11)3-4-13/h5-6H,3-4,13H2,1-2H3. The lowest BCUT2D eigenvalue weighted by Gasteiger charge is -2.00. The maximum absolute atomic E-state index is 6.14. The summed E-state index contributed by atoms with van der Waals surface area (Å²) >= 11 is 6.14. The molecule has 0 bridgehead atoms. The first-order valence-corrected chi connectivity index (χ1v) is 5.33. The Labute approximate surface area is 93.9 Å². The molecule has 2 aromatic rings. The first-order valence-electron chi connectivity index (χ1n) is 4.95. The summed E-state index contributed by atoms with van der Waals surface area (Å²) in [5.41, 5.74) is 8.62. The van der Waals surface area contributed by atoms with Gasteiger partial charge in [0.15, 0.2) is 0 Å². The summed E-state index contributed by atoms with van der Waals surface area (Å²) in [6.45, 7) is 2.63. The summed E-state index contributed by atoms with van der Waals surface area (Å²) in [5, 5.41) is 0.712. The molecule has 0 saturated carbocycles. The molecule has 1 aromatic carbocycles. The monoisotopic (exact) mass is 223 g/mol. The van der Waals surface area contributed by atoms with Crippen molar-refractivity contribution in [2.45, 2.75) is 13.3 Å². The Morgan fingerprint density at radius 3 is 2.87 bits per heavy atom. The normalized spacial score (nSPS) is 11.2. The molecule has 1 aromatic heterocycles. The molecule has 3 nitrogen and oxygen atoms in total. The molecule has 0 aliphatic rings. The van der Waals surface area contributed by atoms with Crippen LogP contribution in [0.15, 0.2) is 12.1 Å². The Kier molecular flexibility index (Phi) is 2.67. The summed E-state index contributed by atoms with van der Waals surface area (Å²) in [6.07, 6.45) is 0.778. The van der Waals surface area contributed by atoms with Gasteiger partial charge >= 0.3 is 0 Å². The number of nitrogens with zero attached hydrogens (tertiary/aromatic N) is 2. The van der Waals surface area contributed by atoms with Gasteiger partial charge < -0.3 is 10.3 Å². The maximum atomic E-state index is 6.14. The number of halogens is 1. The van der Waals surface area contributed by atoms with Crippen LogP contribution in [0.25, 0.3) is 11.0 Å². The predicted molar refractivity (Wildman–Crippen MR) is 63.2 cm³/mol. The lowest BCUT2D eigenvalue weighted by molar-refractivity contribution is 0.794. The number of benzene rings is 1. The van der Waals surface area contributed by atoms with Gasteiger partial charge in [-0.2, -0.15) is 0 Å². The highest BCUT2D eigenvalue weighted by molar-refractivity contribution is 6.35. The number of aromatic nitrogens is 2. The van der Waals surface area contributed by atoms with Crippen molar-refractivity contribution in [1.29, 1.82) is 0 Å². The molecule has 0 radical (unpaired) electrons. The van der Waals surface area contributed by atoms with Gasteiger partial charge in [-0.1, -0.05) is 11.6 Å². The number of imidazole rings is 1. The molecule has 0 aliphatic heterocycles. The second-order valence-corrected chi connectivity index (χ2v) is 4.15. The zero-order valence-corrected chi connectivity index (χ0v) is 9.67. The lowest BCUT2D eigenvalue weighted by Crippen LogP contribution is -2.07. The number of rotatable bonds is 2. The van der Waals surface area contributed by atoms with Gasteiger partial charge in [0.2, 0.25) is 0 Å². The fourth-order valence-electron chi connectivity index (χ4n) is 1.78. The molecule has 2 N–H and O–H groups in total. The van der Waals surface area contributed by atoms with Gasteiger partial charge in [-0.15, -0.1) is 0 Å². The van der Waals surface area contributed by atoms with E-state index < -0.39 is 0 Å². The van der Waals surface area contributed by atoms with Gasteiger partial charge in [0.25, 0.3) is 0 Å². The van der Waals surface area contributed by atoms with Crippen LogP contribution < -0.4 is 5.73 Å². The zero-order chi connectivity index (χ0) is 11.0. The fraction of sp³-hybridized carbons (Fsp3) is 0.364. The van der Waals surface area contributed by atoms with Crippen LogP contribution in [0, 0.1) is 6.92 Å². The minimum atomic E-state index is 0.605. The molecule has 0 fully saturated rings. The highest BCUT2D eigenvalue weighted by atomic mass is 35.5. The topological polar surface area (TPSA) is 43.8 Å². The molecule has 0 amide bonds. The van der Waals surface area contributed by atoms with Gasteiger partial charge in [-0.05, 0) is 31.2 Å². The molecule has 4 heteroatoms. The Morgan fingerprint density at radius 2 is 2.20 bits per heavy atom. The Balaban J connectivity index is 2.70. The van der Waals surface area contributed by atoms with Crippen LogP contribution in [0.5, 0.6) is 0 Å². The largest absolute Gasteiger partial charge is 0.331 e. The van der Waals surface area contributed by atoms with E-state index >= 15 is 0 Å². The minimum Gasteiger partial charge on any atom is -0.331 e. The molecule has 15 heavy (non-hydrogen) atoms. The summed E-state index contributed by atoms with van der Waals surface area (Å²) in [7, 11) is 2.00. The summed E-state index contributed by atoms with van der Waals surface area (Å²) < 4.78 is 2.06. The fourth-order valence-corrected chi connectivity index (χ4v) is 2.09. The second kappa shape index (κ2) is 3.83. The first-order chi connectivity index (χ1) is 7.13. The van der Waals surface area contributed by atoms with Crippen molar-refractivity contribution in [3.8, 4) is 0 Å². The highest BCUT2D eigenvalue weighted by Crippen LogP contribution is 2.25. The van der Waals surface area contributed by atoms with Gasteiger partial charge in [0.05, 0.1) is 10.5 Å². The second-order valence-electron chi connectivity index (χ2n) is 3.74. The van der Waals surface area contributed by atoms with E-state index in [0.717, 1.165) is 28.8 Å². The molecule has 0 aliphatic carbocycles. The smallest absolute Gasteiger partial charge is 0.110 e. The maximum Gasteiger partial charge on any atom is 0.110 e. The van der Waals surface area contributed by atoms with Crippen molar-refractivity contribution in [1.82, 2.24) is 9.55 Å². The third-order valence-corrected chi connectivity index (χ3v) is 2.83. The minimum absolute atomic E-state index is 0.605. The van der Waals surface area contributed by atoms with Crippen LogP contribution in [-0.2, 0) is 13.5 Å². The lowest BCUT2D eigenvalue weighted by atomic mass is 10.2. The van der Waals surface area contributed by atoms with Crippen molar-refractivity contribution in [2.24, 2.45) is 12.8 Å². The van der Waals surface area contributed by atoms with Gasteiger partial charge in [0, 0.05) is 13.5 Å². The summed E-state index contributed by atoms with van der Waals surface area (Å²) in [6, 6.07) is 4.03. The number of aryl methyl sites for hydroxylation is 2. The quantitative estimate of drug-likeness (QED) is 0.847. The molecule has 1 heterocycles. The van der Waals surface area contributed by atoms with E-state index in [0.29, 0.717) is 11.6 Å². The van der Waals surface area contributed by atoms with Gasteiger partial charge in [-0.3, -0.25) is 0 Å². The van der Waals surface area contributed by atoms with E-state index in [1.807, 2.05) is 20.0 Å². The van der Waals surface area contributed by atoms with Gasteiger partial charge in [0.1, 0.15) is 11.3 Å². The van der Waals surface area contributed by atoms with Crippen LogP contribution in [0.1, 0.15) is 11.4 Å². The van der Waals surface area contributed by atoms with E-state index in [1.54, 1.807) is 0 Å². The van der Waals surface area contributed by atoms with Crippen LogP contribution in [0.3, 0.4) is 0 Å². The van der Waals surface area contributed by atoms with Crippen molar-refractivity contribution in [2.75, 3.05) is 6.54 Å². The Hall–Kier alpha value is -1.06. The molecule has 80 valence electrons. The Bertz CT molecular complexity index is 502. The molecule has 0 atom stereocenters. The zero-order valence-electron chi connectivity index (χ0n) is 8.92. The number of hydrogen-bond donors (Lipinski definition) is 1. The van der Waals surface area contributed by atoms with E-state index in [4.69, 9.17) is 17.3 Å². The van der Waals surface area contributed by atoms with Gasteiger partial charge in [-0.25, -0.2) is 4.98 Å². The third kappa shape index (κ3) is 1.73. The number of nitrogens with two attached hydrogens (primary N) is 1. The average Bonchev–Trinajstić information content (AvgIpc) is 2.47. The summed E-state index contributed by atoms with van der Waals surface area (Å²) in [4.78, 5) is 4.49. The predicted octanol–water partition coefficient (Wildman–Crippen LogP) is 2.04. The van der Waals surface area contributed by atoms with Crippen molar-refractivity contribution < 1.29 is 0 Å². The van der Waals surface area contributed by atoms with Crippen LogP contribution >= 0.6 is 11.6 Å². The molecule has 2 rings (SSSR count). The molecule has 0 saturated heterocycles. The SMILES string of the molecule is Cc1cc(Cl)c2nc(CCN)n(C)c2c1.